The predicted octanol–water partition coefficient (Wildman–Crippen LogP) is 1.24. The van der Waals surface area contributed by atoms with Crippen LogP contribution in [0.15, 0.2) is 36.9 Å². The first-order valence-corrected chi connectivity index (χ1v) is 4.48. The molecule has 14 heavy (non-hydrogen) atoms. The molecule has 3 N–H and O–H groups in total. The summed E-state index contributed by atoms with van der Waals surface area (Å²) in [4.78, 5) is 0. The Hall–Kier alpha value is -1.32. The average Bonchev–Trinajstić information content (AvgIpc) is 2.26. The number of hydrogen-bond acceptors (Lipinski definition) is 3. The third kappa shape index (κ3) is 2.87. The highest BCUT2D eigenvalue weighted by Gasteiger charge is 2.03. The van der Waals surface area contributed by atoms with Gasteiger partial charge in [0.05, 0.1) is 12.6 Å². The molecule has 0 bridgehead atoms. The zero-order chi connectivity index (χ0) is 10.4. The Morgan fingerprint density at radius 2 is 2.07 bits per heavy atom. The number of nitrogens with two attached hydrogens (primary N) is 1. The van der Waals surface area contributed by atoms with Gasteiger partial charge in [-0.3, -0.25) is 0 Å². The Bertz CT molecular complexity index is 282. The zero-order valence-corrected chi connectivity index (χ0v) is 8.02. The second kappa shape index (κ2) is 5.42. The molecule has 0 radical (unpaired) electrons. The molecule has 0 saturated heterocycles. The monoisotopic (exact) mass is 193 g/mol. The SMILES string of the molecule is C=CCOc1ccc(C(N)CO)cc1. The van der Waals surface area contributed by atoms with Crippen molar-refractivity contribution in [3.63, 3.8) is 0 Å². The lowest BCUT2D eigenvalue weighted by Crippen LogP contribution is -2.14. The highest BCUT2D eigenvalue weighted by molar-refractivity contribution is 5.29. The fourth-order valence-corrected chi connectivity index (χ4v) is 1.07. The number of aliphatic hydroxyl groups is 1. The minimum absolute atomic E-state index is 0.0487. The minimum atomic E-state index is -0.316. The number of ether oxygens (including phenoxy) is 1. The molecule has 3 nitrogen and oxygen atoms in total. The number of benzene rings is 1. The van der Waals surface area contributed by atoms with Gasteiger partial charge in [0.2, 0.25) is 0 Å². The maximum Gasteiger partial charge on any atom is 0.119 e. The van der Waals surface area contributed by atoms with E-state index < -0.39 is 0 Å². The van der Waals surface area contributed by atoms with E-state index in [1.54, 1.807) is 6.08 Å². The lowest BCUT2D eigenvalue weighted by molar-refractivity contribution is 0.268. The van der Waals surface area contributed by atoms with Crippen LogP contribution in [0.2, 0.25) is 0 Å². The summed E-state index contributed by atoms with van der Waals surface area (Å²) in [5, 5.41) is 8.83. The van der Waals surface area contributed by atoms with Gasteiger partial charge in [0, 0.05) is 0 Å². The maximum absolute atomic E-state index is 8.83. The van der Waals surface area contributed by atoms with Crippen molar-refractivity contribution in [3.05, 3.63) is 42.5 Å². The Morgan fingerprint density at radius 1 is 1.43 bits per heavy atom. The summed E-state index contributed by atoms with van der Waals surface area (Å²) in [5.74, 6) is 0.777. The first kappa shape index (κ1) is 10.8. The molecular formula is C11H15NO2. The van der Waals surface area contributed by atoms with E-state index in [-0.39, 0.29) is 12.6 Å². The molecule has 0 saturated carbocycles. The molecule has 0 spiro atoms. The fraction of sp³-hybridized carbons (Fsp3) is 0.273. The molecule has 0 fully saturated rings. The molecule has 0 heterocycles. The van der Waals surface area contributed by atoms with Gasteiger partial charge in [-0.25, -0.2) is 0 Å². The van der Waals surface area contributed by atoms with Crippen LogP contribution >= 0.6 is 0 Å². The van der Waals surface area contributed by atoms with Crippen LogP contribution in [0.3, 0.4) is 0 Å². The Morgan fingerprint density at radius 3 is 2.57 bits per heavy atom. The van der Waals surface area contributed by atoms with Crippen LogP contribution < -0.4 is 10.5 Å². The van der Waals surface area contributed by atoms with Crippen LogP contribution in [0.25, 0.3) is 0 Å². The van der Waals surface area contributed by atoms with E-state index in [2.05, 4.69) is 6.58 Å². The van der Waals surface area contributed by atoms with Gasteiger partial charge in [-0.1, -0.05) is 24.8 Å². The van der Waals surface area contributed by atoms with Gasteiger partial charge in [-0.2, -0.15) is 0 Å². The number of hydrogen-bond donors (Lipinski definition) is 2. The van der Waals surface area contributed by atoms with Gasteiger partial charge in [0.15, 0.2) is 0 Å². The summed E-state index contributed by atoms with van der Waals surface area (Å²) < 4.78 is 5.30. The molecule has 1 atom stereocenters. The van der Waals surface area contributed by atoms with Crippen LogP contribution in [0.5, 0.6) is 5.75 Å². The van der Waals surface area contributed by atoms with E-state index in [1.807, 2.05) is 24.3 Å². The van der Waals surface area contributed by atoms with Crippen molar-refractivity contribution in [3.8, 4) is 5.75 Å². The molecule has 0 amide bonds. The molecule has 3 heteroatoms. The van der Waals surface area contributed by atoms with Crippen molar-refractivity contribution in [1.29, 1.82) is 0 Å². The largest absolute Gasteiger partial charge is 0.490 e. The molecule has 1 aromatic rings. The predicted molar refractivity (Wildman–Crippen MR) is 56.1 cm³/mol. The van der Waals surface area contributed by atoms with Gasteiger partial charge in [0.25, 0.3) is 0 Å². The Kier molecular flexibility index (Phi) is 4.16. The van der Waals surface area contributed by atoms with E-state index in [4.69, 9.17) is 15.6 Å². The number of aliphatic hydroxyl groups excluding tert-OH is 1. The van der Waals surface area contributed by atoms with Crippen molar-refractivity contribution in [2.45, 2.75) is 6.04 Å². The van der Waals surface area contributed by atoms with Gasteiger partial charge in [-0.15, -0.1) is 0 Å². The van der Waals surface area contributed by atoms with Gasteiger partial charge < -0.3 is 15.6 Å². The fourth-order valence-electron chi connectivity index (χ4n) is 1.07. The lowest BCUT2D eigenvalue weighted by Gasteiger charge is -2.09. The normalized spacial score (nSPS) is 12.1. The first-order valence-electron chi connectivity index (χ1n) is 4.48. The van der Waals surface area contributed by atoms with Gasteiger partial charge in [0.1, 0.15) is 12.4 Å². The Balaban J connectivity index is 2.63. The van der Waals surface area contributed by atoms with Crippen molar-refractivity contribution in [1.82, 2.24) is 0 Å². The lowest BCUT2D eigenvalue weighted by atomic mass is 10.1. The summed E-state index contributed by atoms with van der Waals surface area (Å²) >= 11 is 0. The standard InChI is InChI=1S/C11H15NO2/c1-2-7-14-10-5-3-9(4-6-10)11(12)8-13/h2-6,11,13H,1,7-8,12H2. The van der Waals surface area contributed by atoms with Gasteiger partial charge >= 0.3 is 0 Å². The molecule has 0 aliphatic heterocycles. The van der Waals surface area contributed by atoms with Crippen molar-refractivity contribution in [2.24, 2.45) is 5.73 Å². The van der Waals surface area contributed by atoms with E-state index in [1.165, 1.54) is 0 Å². The maximum atomic E-state index is 8.83. The highest BCUT2D eigenvalue weighted by Crippen LogP contribution is 2.15. The average molecular weight is 193 g/mol. The summed E-state index contributed by atoms with van der Waals surface area (Å²) in [6.07, 6.45) is 1.69. The van der Waals surface area contributed by atoms with Crippen molar-refractivity contribution in [2.75, 3.05) is 13.2 Å². The molecule has 0 aliphatic rings. The topological polar surface area (TPSA) is 55.5 Å². The van der Waals surface area contributed by atoms with E-state index in [9.17, 15) is 0 Å². The van der Waals surface area contributed by atoms with E-state index >= 15 is 0 Å². The van der Waals surface area contributed by atoms with Crippen molar-refractivity contribution < 1.29 is 9.84 Å². The van der Waals surface area contributed by atoms with Crippen molar-refractivity contribution >= 4 is 0 Å². The van der Waals surface area contributed by atoms with E-state index in [0.29, 0.717) is 6.61 Å². The molecule has 76 valence electrons. The van der Waals surface area contributed by atoms with Crippen LogP contribution in [-0.4, -0.2) is 18.3 Å². The minimum Gasteiger partial charge on any atom is -0.490 e. The smallest absolute Gasteiger partial charge is 0.119 e. The summed E-state index contributed by atoms with van der Waals surface area (Å²) in [6, 6.07) is 7.03. The van der Waals surface area contributed by atoms with Gasteiger partial charge in [-0.05, 0) is 17.7 Å². The molecule has 1 unspecified atom stereocenters. The molecule has 1 rings (SSSR count). The second-order valence-corrected chi connectivity index (χ2v) is 2.96. The summed E-state index contributed by atoms with van der Waals surface area (Å²) in [7, 11) is 0. The highest BCUT2D eigenvalue weighted by atomic mass is 16.5. The summed E-state index contributed by atoms with van der Waals surface area (Å²) in [5.41, 5.74) is 6.54. The van der Waals surface area contributed by atoms with Crippen LogP contribution in [0.1, 0.15) is 11.6 Å². The summed E-state index contributed by atoms with van der Waals surface area (Å²) in [6.45, 7) is 4.00. The molecule has 1 aromatic carbocycles. The first-order chi connectivity index (χ1) is 6.77. The quantitative estimate of drug-likeness (QED) is 0.692. The van der Waals surface area contributed by atoms with Crippen LogP contribution in [0, 0.1) is 0 Å². The molecule has 0 aliphatic carbocycles. The third-order valence-electron chi connectivity index (χ3n) is 1.87. The van der Waals surface area contributed by atoms with Crippen LogP contribution in [-0.2, 0) is 0 Å². The van der Waals surface area contributed by atoms with Crippen LogP contribution in [0.4, 0.5) is 0 Å². The van der Waals surface area contributed by atoms with E-state index in [0.717, 1.165) is 11.3 Å². The Labute approximate surface area is 83.8 Å². The second-order valence-electron chi connectivity index (χ2n) is 2.96. The molecular weight excluding hydrogens is 178 g/mol. The number of rotatable bonds is 5. The molecule has 0 aromatic heterocycles. The zero-order valence-electron chi connectivity index (χ0n) is 8.02. The third-order valence-corrected chi connectivity index (χ3v) is 1.87.